The Morgan fingerprint density at radius 1 is 1.45 bits per heavy atom. The highest BCUT2D eigenvalue weighted by atomic mass is 16.5. The number of hydrogen-bond donors (Lipinski definition) is 1. The van der Waals surface area contributed by atoms with Gasteiger partial charge in [-0.2, -0.15) is 5.10 Å². The second-order valence-corrected chi connectivity index (χ2v) is 5.28. The summed E-state index contributed by atoms with van der Waals surface area (Å²) in [5.74, 6) is 0.941. The first-order valence-corrected chi connectivity index (χ1v) is 7.03. The minimum absolute atomic E-state index is 0.0554. The van der Waals surface area contributed by atoms with E-state index in [1.807, 2.05) is 0 Å². The van der Waals surface area contributed by atoms with Crippen molar-refractivity contribution in [3.05, 3.63) is 35.5 Å². The smallest absolute Gasteiger partial charge is 0.257 e. The highest BCUT2D eigenvalue weighted by Crippen LogP contribution is 2.22. The van der Waals surface area contributed by atoms with E-state index in [0.29, 0.717) is 42.6 Å². The van der Waals surface area contributed by atoms with Crippen molar-refractivity contribution in [2.75, 3.05) is 25.4 Å². The van der Waals surface area contributed by atoms with E-state index >= 15 is 0 Å². The summed E-state index contributed by atoms with van der Waals surface area (Å²) in [4.78, 5) is 22.6. The Balaban J connectivity index is 1.78. The van der Waals surface area contributed by atoms with Crippen LogP contribution in [0.15, 0.2) is 18.5 Å². The standard InChI is InChI=1S/C14H18N6O2/c1-9-17-11(5-13(15)18-9)12-8-20(3-4-22-12)14(21)10-6-16-19(2)7-10/h5-7,12H,3-4,8H2,1-2H3,(H2,15,17,18). The van der Waals surface area contributed by atoms with E-state index in [1.54, 1.807) is 42.0 Å². The average molecular weight is 302 g/mol. The summed E-state index contributed by atoms with van der Waals surface area (Å²) < 4.78 is 7.35. The summed E-state index contributed by atoms with van der Waals surface area (Å²) in [6.45, 7) is 3.22. The zero-order valence-electron chi connectivity index (χ0n) is 12.6. The van der Waals surface area contributed by atoms with Gasteiger partial charge in [-0.1, -0.05) is 0 Å². The van der Waals surface area contributed by atoms with Crippen LogP contribution >= 0.6 is 0 Å². The minimum Gasteiger partial charge on any atom is -0.384 e. The quantitative estimate of drug-likeness (QED) is 0.857. The highest BCUT2D eigenvalue weighted by Gasteiger charge is 2.28. The molecule has 8 nitrogen and oxygen atoms in total. The first-order chi connectivity index (χ1) is 10.5. The molecule has 116 valence electrons. The van der Waals surface area contributed by atoms with Crippen molar-refractivity contribution < 1.29 is 9.53 Å². The molecular formula is C14H18N6O2. The van der Waals surface area contributed by atoms with Crippen LogP contribution in [0.2, 0.25) is 0 Å². The van der Waals surface area contributed by atoms with Crippen LogP contribution in [-0.2, 0) is 11.8 Å². The normalized spacial score (nSPS) is 18.5. The van der Waals surface area contributed by atoms with Crippen LogP contribution in [0.1, 0.15) is 28.0 Å². The number of aryl methyl sites for hydroxylation is 2. The lowest BCUT2D eigenvalue weighted by atomic mass is 10.1. The summed E-state index contributed by atoms with van der Waals surface area (Å²) in [5, 5.41) is 4.03. The van der Waals surface area contributed by atoms with Crippen LogP contribution < -0.4 is 5.73 Å². The first kappa shape index (κ1) is 14.5. The molecule has 0 bridgehead atoms. The van der Waals surface area contributed by atoms with Gasteiger partial charge < -0.3 is 15.4 Å². The first-order valence-electron chi connectivity index (χ1n) is 7.03. The largest absolute Gasteiger partial charge is 0.384 e. The van der Waals surface area contributed by atoms with Gasteiger partial charge in [-0.3, -0.25) is 9.48 Å². The molecule has 1 atom stereocenters. The zero-order chi connectivity index (χ0) is 15.7. The van der Waals surface area contributed by atoms with E-state index in [1.165, 1.54) is 0 Å². The molecule has 8 heteroatoms. The Morgan fingerprint density at radius 2 is 2.27 bits per heavy atom. The molecule has 1 aliphatic heterocycles. The number of ether oxygens (including phenoxy) is 1. The zero-order valence-corrected chi connectivity index (χ0v) is 12.6. The van der Waals surface area contributed by atoms with E-state index in [2.05, 4.69) is 15.1 Å². The molecule has 0 aliphatic carbocycles. The minimum atomic E-state index is -0.293. The van der Waals surface area contributed by atoms with Gasteiger partial charge in [0.2, 0.25) is 0 Å². The van der Waals surface area contributed by atoms with Crippen molar-refractivity contribution in [1.82, 2.24) is 24.6 Å². The number of nitrogens with zero attached hydrogens (tertiary/aromatic N) is 5. The lowest BCUT2D eigenvalue weighted by Crippen LogP contribution is -2.42. The number of nitrogens with two attached hydrogens (primary N) is 1. The van der Waals surface area contributed by atoms with E-state index < -0.39 is 0 Å². The lowest BCUT2D eigenvalue weighted by Gasteiger charge is -2.32. The van der Waals surface area contributed by atoms with Gasteiger partial charge in [-0.25, -0.2) is 9.97 Å². The monoisotopic (exact) mass is 302 g/mol. The SMILES string of the molecule is Cc1nc(N)cc(C2CN(C(=O)c3cnn(C)c3)CCO2)n1. The molecule has 0 spiro atoms. The molecule has 1 unspecified atom stereocenters. The van der Waals surface area contributed by atoms with Crippen LogP contribution in [0.5, 0.6) is 0 Å². The van der Waals surface area contributed by atoms with E-state index in [4.69, 9.17) is 10.5 Å². The summed E-state index contributed by atoms with van der Waals surface area (Å²) >= 11 is 0. The summed E-state index contributed by atoms with van der Waals surface area (Å²) in [6, 6.07) is 1.69. The Bertz CT molecular complexity index is 678. The number of rotatable bonds is 2. The van der Waals surface area contributed by atoms with Gasteiger partial charge in [0.05, 0.1) is 30.6 Å². The third kappa shape index (κ3) is 2.91. The maximum absolute atomic E-state index is 12.5. The third-order valence-corrected chi connectivity index (χ3v) is 3.51. The molecule has 22 heavy (non-hydrogen) atoms. The second-order valence-electron chi connectivity index (χ2n) is 5.28. The number of hydrogen-bond acceptors (Lipinski definition) is 6. The van der Waals surface area contributed by atoms with Gasteiger partial charge in [-0.15, -0.1) is 0 Å². The van der Waals surface area contributed by atoms with Crippen molar-refractivity contribution in [2.45, 2.75) is 13.0 Å². The van der Waals surface area contributed by atoms with Crippen molar-refractivity contribution in [1.29, 1.82) is 0 Å². The van der Waals surface area contributed by atoms with Crippen LogP contribution in [0, 0.1) is 6.92 Å². The second kappa shape index (κ2) is 5.72. The van der Waals surface area contributed by atoms with E-state index in [0.717, 1.165) is 0 Å². The molecule has 0 radical (unpaired) electrons. The molecular weight excluding hydrogens is 284 g/mol. The Hall–Kier alpha value is -2.48. The molecule has 3 rings (SSSR count). The van der Waals surface area contributed by atoms with Crippen LogP contribution in [0.25, 0.3) is 0 Å². The van der Waals surface area contributed by atoms with Crippen molar-refractivity contribution in [2.24, 2.45) is 7.05 Å². The summed E-state index contributed by atoms with van der Waals surface area (Å²) in [5.41, 5.74) is 7.03. The molecule has 1 aliphatic rings. The number of amides is 1. The maximum Gasteiger partial charge on any atom is 0.257 e. The number of morpholine rings is 1. The van der Waals surface area contributed by atoms with E-state index in [9.17, 15) is 4.79 Å². The number of nitrogen functional groups attached to an aromatic ring is 1. The Kier molecular flexibility index (Phi) is 3.76. The maximum atomic E-state index is 12.5. The van der Waals surface area contributed by atoms with Gasteiger partial charge in [-0.05, 0) is 6.92 Å². The van der Waals surface area contributed by atoms with Gasteiger partial charge in [0.15, 0.2) is 0 Å². The van der Waals surface area contributed by atoms with Crippen LogP contribution in [0.4, 0.5) is 5.82 Å². The molecule has 2 aromatic heterocycles. The van der Waals surface area contributed by atoms with Crippen LogP contribution in [-0.4, -0.2) is 50.3 Å². The van der Waals surface area contributed by atoms with Crippen molar-refractivity contribution in [3.63, 3.8) is 0 Å². The van der Waals surface area contributed by atoms with Crippen molar-refractivity contribution >= 4 is 11.7 Å². The van der Waals surface area contributed by atoms with E-state index in [-0.39, 0.29) is 12.0 Å². The number of carbonyl (C=O) groups is 1. The molecule has 1 fully saturated rings. The topological polar surface area (TPSA) is 99.2 Å². The molecule has 0 saturated carbocycles. The predicted molar refractivity (Wildman–Crippen MR) is 79.0 cm³/mol. The van der Waals surface area contributed by atoms with Crippen LogP contribution in [0.3, 0.4) is 0 Å². The highest BCUT2D eigenvalue weighted by molar-refractivity contribution is 5.93. The predicted octanol–water partition coefficient (Wildman–Crippen LogP) is 0.314. The summed E-state index contributed by atoms with van der Waals surface area (Å²) in [6.07, 6.45) is 2.98. The van der Waals surface area contributed by atoms with Gasteiger partial charge in [0.1, 0.15) is 17.7 Å². The number of anilines is 1. The molecule has 2 N–H and O–H groups in total. The Labute approximate surface area is 127 Å². The molecule has 1 amide bonds. The fourth-order valence-corrected chi connectivity index (χ4v) is 2.51. The summed E-state index contributed by atoms with van der Waals surface area (Å²) in [7, 11) is 1.78. The molecule has 2 aromatic rings. The van der Waals surface area contributed by atoms with Gasteiger partial charge in [0.25, 0.3) is 5.91 Å². The molecule has 0 aromatic carbocycles. The average Bonchev–Trinajstić information content (AvgIpc) is 2.92. The fourth-order valence-electron chi connectivity index (χ4n) is 2.51. The fraction of sp³-hybridized carbons (Fsp3) is 0.429. The molecule has 1 saturated heterocycles. The Morgan fingerprint density at radius 3 is 2.95 bits per heavy atom. The number of carbonyl (C=O) groups excluding carboxylic acids is 1. The van der Waals surface area contributed by atoms with Gasteiger partial charge >= 0.3 is 0 Å². The van der Waals surface area contributed by atoms with Crippen molar-refractivity contribution in [3.8, 4) is 0 Å². The number of aromatic nitrogens is 4. The van der Waals surface area contributed by atoms with Gasteiger partial charge in [0, 0.05) is 25.9 Å². The molecule has 3 heterocycles. The lowest BCUT2D eigenvalue weighted by molar-refractivity contribution is -0.0248. The third-order valence-electron chi connectivity index (χ3n) is 3.51.